The monoisotopic (exact) mass is 251 g/mol. The Morgan fingerprint density at radius 1 is 0.778 bits per heavy atom. The lowest BCUT2D eigenvalue weighted by Crippen LogP contribution is -2.59. The molecule has 0 radical (unpaired) electrons. The minimum atomic E-state index is 0.205. The molecule has 2 heteroatoms. The first-order chi connectivity index (χ1) is 8.88. The highest BCUT2D eigenvalue weighted by molar-refractivity contribution is 4.95. The van der Waals surface area contributed by atoms with E-state index in [1.807, 2.05) is 0 Å². The highest BCUT2D eigenvalue weighted by atomic mass is 16.5. The number of hydrogen-bond donors (Lipinski definition) is 1. The molecule has 0 aromatic rings. The highest BCUT2D eigenvalue weighted by Crippen LogP contribution is 2.36. The molecule has 0 aromatic heterocycles. The van der Waals surface area contributed by atoms with Gasteiger partial charge in [-0.3, -0.25) is 0 Å². The van der Waals surface area contributed by atoms with Crippen molar-refractivity contribution in [2.24, 2.45) is 0 Å². The van der Waals surface area contributed by atoms with Crippen molar-refractivity contribution in [3.8, 4) is 0 Å². The van der Waals surface area contributed by atoms with Crippen LogP contribution in [-0.4, -0.2) is 24.3 Å². The lowest BCUT2D eigenvalue weighted by atomic mass is 9.86. The number of ether oxygens (including phenoxy) is 1. The molecule has 1 spiro atoms. The zero-order chi connectivity index (χ0) is 12.3. The van der Waals surface area contributed by atoms with E-state index in [1.54, 1.807) is 0 Å². The summed E-state index contributed by atoms with van der Waals surface area (Å²) >= 11 is 0. The molecular weight excluding hydrogens is 222 g/mol. The SMILES string of the molecule is C1CCCC2OC3(CCCCCC3)CNC2CC1. The fourth-order valence-corrected chi connectivity index (χ4v) is 4.17. The Morgan fingerprint density at radius 2 is 1.44 bits per heavy atom. The summed E-state index contributed by atoms with van der Waals surface area (Å²) < 4.78 is 6.67. The summed E-state index contributed by atoms with van der Waals surface area (Å²) in [5.41, 5.74) is 0.205. The van der Waals surface area contributed by atoms with Crippen molar-refractivity contribution < 1.29 is 4.74 Å². The number of hydrogen-bond acceptors (Lipinski definition) is 2. The summed E-state index contributed by atoms with van der Waals surface area (Å²) in [7, 11) is 0. The predicted molar refractivity (Wildman–Crippen MR) is 74.8 cm³/mol. The van der Waals surface area contributed by atoms with Gasteiger partial charge in [-0.15, -0.1) is 0 Å². The van der Waals surface area contributed by atoms with Gasteiger partial charge in [0.25, 0.3) is 0 Å². The quantitative estimate of drug-likeness (QED) is 0.707. The van der Waals surface area contributed by atoms with Gasteiger partial charge >= 0.3 is 0 Å². The molecule has 1 saturated heterocycles. The Balaban J connectivity index is 1.65. The van der Waals surface area contributed by atoms with Gasteiger partial charge in [-0.2, -0.15) is 0 Å². The maximum absolute atomic E-state index is 6.67. The lowest BCUT2D eigenvalue weighted by molar-refractivity contribution is -0.147. The number of nitrogens with one attached hydrogen (secondary N) is 1. The Bertz CT molecular complexity index is 258. The number of fused-ring (bicyclic) bond motifs is 1. The fourth-order valence-electron chi connectivity index (χ4n) is 4.17. The summed E-state index contributed by atoms with van der Waals surface area (Å²) in [6.45, 7) is 1.12. The van der Waals surface area contributed by atoms with Crippen LogP contribution < -0.4 is 5.32 Å². The second-order valence-electron chi connectivity index (χ2n) is 6.73. The second-order valence-corrected chi connectivity index (χ2v) is 6.73. The van der Waals surface area contributed by atoms with Crippen LogP contribution in [0.3, 0.4) is 0 Å². The zero-order valence-electron chi connectivity index (χ0n) is 11.8. The van der Waals surface area contributed by atoms with E-state index >= 15 is 0 Å². The van der Waals surface area contributed by atoms with Gasteiger partial charge < -0.3 is 10.1 Å². The summed E-state index contributed by atoms with van der Waals surface area (Å²) in [6.07, 6.45) is 16.9. The van der Waals surface area contributed by atoms with Crippen LogP contribution in [-0.2, 0) is 4.74 Å². The van der Waals surface area contributed by atoms with Gasteiger partial charge in [-0.05, 0) is 25.7 Å². The van der Waals surface area contributed by atoms with Crippen LogP contribution in [0.25, 0.3) is 0 Å². The van der Waals surface area contributed by atoms with E-state index in [1.165, 1.54) is 77.0 Å². The lowest BCUT2D eigenvalue weighted by Gasteiger charge is -2.46. The van der Waals surface area contributed by atoms with Gasteiger partial charge in [-0.1, -0.05) is 51.4 Å². The van der Waals surface area contributed by atoms with E-state index in [0.717, 1.165) is 6.54 Å². The zero-order valence-corrected chi connectivity index (χ0v) is 11.8. The van der Waals surface area contributed by atoms with Crippen molar-refractivity contribution in [2.75, 3.05) is 6.54 Å². The number of morpholine rings is 1. The standard InChI is InChI=1S/C16H29NO/c1-2-6-10-15-14(9-5-1)17-13-16(18-15)11-7-3-4-8-12-16/h14-15,17H,1-13H2. The molecule has 1 aliphatic heterocycles. The van der Waals surface area contributed by atoms with E-state index < -0.39 is 0 Å². The molecule has 2 saturated carbocycles. The van der Waals surface area contributed by atoms with Crippen LogP contribution in [0.5, 0.6) is 0 Å². The van der Waals surface area contributed by atoms with Crippen LogP contribution in [0, 0.1) is 0 Å². The van der Waals surface area contributed by atoms with Crippen molar-refractivity contribution in [3.63, 3.8) is 0 Å². The van der Waals surface area contributed by atoms with Gasteiger partial charge in [0.15, 0.2) is 0 Å². The fraction of sp³-hybridized carbons (Fsp3) is 1.00. The van der Waals surface area contributed by atoms with Gasteiger partial charge in [-0.25, -0.2) is 0 Å². The highest BCUT2D eigenvalue weighted by Gasteiger charge is 2.41. The molecule has 1 N–H and O–H groups in total. The average molecular weight is 251 g/mol. The van der Waals surface area contributed by atoms with Gasteiger partial charge in [0, 0.05) is 12.6 Å². The summed E-state index contributed by atoms with van der Waals surface area (Å²) in [5.74, 6) is 0. The Hall–Kier alpha value is -0.0800. The second kappa shape index (κ2) is 5.92. The summed E-state index contributed by atoms with van der Waals surface area (Å²) in [4.78, 5) is 0. The van der Waals surface area contributed by atoms with Crippen molar-refractivity contribution >= 4 is 0 Å². The van der Waals surface area contributed by atoms with Crippen LogP contribution in [0.15, 0.2) is 0 Å². The molecule has 18 heavy (non-hydrogen) atoms. The third-order valence-corrected chi connectivity index (χ3v) is 5.31. The molecule has 2 nitrogen and oxygen atoms in total. The third kappa shape index (κ3) is 2.91. The van der Waals surface area contributed by atoms with E-state index in [4.69, 9.17) is 4.74 Å². The summed E-state index contributed by atoms with van der Waals surface area (Å²) in [5, 5.41) is 3.85. The van der Waals surface area contributed by atoms with E-state index in [9.17, 15) is 0 Å². The maximum Gasteiger partial charge on any atom is 0.0810 e. The van der Waals surface area contributed by atoms with Gasteiger partial charge in [0.05, 0.1) is 11.7 Å². The van der Waals surface area contributed by atoms with Crippen LogP contribution in [0.4, 0.5) is 0 Å². The Morgan fingerprint density at radius 3 is 2.22 bits per heavy atom. The predicted octanol–water partition coefficient (Wildman–Crippen LogP) is 3.79. The molecule has 2 unspecified atom stereocenters. The molecule has 3 aliphatic rings. The van der Waals surface area contributed by atoms with Gasteiger partial charge in [0.2, 0.25) is 0 Å². The van der Waals surface area contributed by atoms with Crippen LogP contribution >= 0.6 is 0 Å². The van der Waals surface area contributed by atoms with Gasteiger partial charge in [0.1, 0.15) is 0 Å². The van der Waals surface area contributed by atoms with E-state index in [-0.39, 0.29) is 5.60 Å². The van der Waals surface area contributed by atoms with E-state index in [0.29, 0.717) is 12.1 Å². The third-order valence-electron chi connectivity index (χ3n) is 5.31. The van der Waals surface area contributed by atoms with E-state index in [2.05, 4.69) is 5.32 Å². The molecule has 3 rings (SSSR count). The van der Waals surface area contributed by atoms with Crippen molar-refractivity contribution in [1.82, 2.24) is 5.32 Å². The van der Waals surface area contributed by atoms with Crippen molar-refractivity contribution in [3.05, 3.63) is 0 Å². The molecule has 2 aliphatic carbocycles. The molecular formula is C16H29NO. The molecule has 0 bridgehead atoms. The van der Waals surface area contributed by atoms with Crippen LogP contribution in [0.2, 0.25) is 0 Å². The molecule has 1 heterocycles. The molecule has 0 amide bonds. The molecule has 104 valence electrons. The molecule has 3 fully saturated rings. The number of rotatable bonds is 0. The first-order valence-electron chi connectivity index (χ1n) is 8.29. The minimum absolute atomic E-state index is 0.205. The first-order valence-corrected chi connectivity index (χ1v) is 8.29. The van der Waals surface area contributed by atoms with Crippen LogP contribution in [0.1, 0.15) is 77.0 Å². The first kappa shape index (κ1) is 12.9. The molecule has 0 aromatic carbocycles. The Kier molecular flexibility index (Phi) is 4.25. The van der Waals surface area contributed by atoms with Crippen molar-refractivity contribution in [2.45, 2.75) is 94.8 Å². The Labute approximate surface area is 112 Å². The normalized spacial score (nSPS) is 37.3. The van der Waals surface area contributed by atoms with Crippen molar-refractivity contribution in [1.29, 1.82) is 0 Å². The average Bonchev–Trinajstić information content (AvgIpc) is 2.58. The topological polar surface area (TPSA) is 21.3 Å². The minimum Gasteiger partial charge on any atom is -0.369 e. The smallest absolute Gasteiger partial charge is 0.0810 e. The largest absolute Gasteiger partial charge is 0.369 e. The maximum atomic E-state index is 6.67. The summed E-state index contributed by atoms with van der Waals surface area (Å²) in [6, 6.07) is 0.652. The molecule has 2 atom stereocenters.